The van der Waals surface area contributed by atoms with Crippen molar-refractivity contribution < 1.29 is 86.6 Å². The van der Waals surface area contributed by atoms with Crippen molar-refractivity contribution in [2.75, 3.05) is 67.7 Å². The number of likely N-dealkylation sites (N-methyl/N-ethyl adjacent to an activating group) is 2. The molecule has 4 aromatic rings. The molecule has 612 valence electrons. The highest BCUT2D eigenvalue weighted by molar-refractivity contribution is 7.10. The Labute approximate surface area is 657 Å². The van der Waals surface area contributed by atoms with Gasteiger partial charge in [-0.15, -0.1) is 22.7 Å². The Morgan fingerprint density at radius 2 is 0.927 bits per heavy atom. The lowest BCUT2D eigenvalue weighted by Gasteiger charge is -2.39. The standard InChI is InChI=1S/C41H61FN4O8S.C41H62N4O9S/c1-9-26(4)32(22-36(48)34-12-10-11-17-45(34)7)40(50)46(18-19-53-8)35(25(2)3)23-37(54-28(6)47)39-44-33(24-55-39)38(49)43-31(20-27(5)41(51)52)21-29-13-15-30(42)16-14-29;1-9-26(4)32(22-36(48)34-12-10-11-17-44(34)7)40(50)45(18-19-53-8)35(25(2)3)23-37(54-28(6)46)39-43-33(24-55-39)38(49)42-30(20-27(5)41(51)52)21-29-13-15-31(47)16-14-29/h13-16,24-27,31-32,34-35,37H,9-12,17-23H2,1-8H3,(H,43,49)(H,51,52);13-16,24-27,30,32,34-35,37,47H,9-12,17-23H2,1-8H3,(H,42,49)(H,51,52). The molecule has 5 N–H and O–H groups in total. The molecule has 0 radical (unpaired) electrons. The first kappa shape index (κ1) is 93.0. The predicted molar refractivity (Wildman–Crippen MR) is 420 cm³/mol. The Morgan fingerprint density at radius 1 is 0.564 bits per heavy atom. The lowest BCUT2D eigenvalue weighted by molar-refractivity contribution is -0.152. The molecule has 2 aromatic heterocycles. The fourth-order valence-corrected chi connectivity index (χ4v) is 16.3. The number of Topliss-reactive ketones (excluding diaryl/α,β-unsaturated/α-hetero) is 2. The van der Waals surface area contributed by atoms with Crippen LogP contribution < -0.4 is 10.6 Å². The normalized spacial score (nSPS) is 18.1. The zero-order valence-electron chi connectivity index (χ0n) is 67.5. The number of carbonyl (C=O) groups excluding carboxylic acids is 8. The molecule has 0 aliphatic carbocycles. The topological polar surface area (TPSA) is 331 Å². The van der Waals surface area contributed by atoms with Crippen molar-refractivity contribution in [3.8, 4) is 5.75 Å². The summed E-state index contributed by atoms with van der Waals surface area (Å²) in [6, 6.07) is 9.89. The second-order valence-corrected chi connectivity index (χ2v) is 32.6. The number of methoxy groups -OCH3 is 2. The predicted octanol–water partition coefficient (Wildman–Crippen LogP) is 12.2. The van der Waals surface area contributed by atoms with Crippen molar-refractivity contribution in [3.63, 3.8) is 0 Å². The van der Waals surface area contributed by atoms with Crippen molar-refractivity contribution >= 4 is 81.7 Å². The molecular formula is C82H123FN8O17S2. The number of nitrogens with one attached hydrogen (secondary N) is 2. The summed E-state index contributed by atoms with van der Waals surface area (Å²) in [6.45, 7) is 24.6. The maximum Gasteiger partial charge on any atom is 0.306 e. The van der Waals surface area contributed by atoms with E-state index in [-0.39, 0.29) is 148 Å². The molecule has 6 rings (SSSR count). The van der Waals surface area contributed by atoms with E-state index in [1.54, 1.807) is 72.9 Å². The number of likely N-dealkylation sites (tertiary alicyclic amines) is 2. The largest absolute Gasteiger partial charge is 0.508 e. The third-order valence-electron chi connectivity index (χ3n) is 21.6. The summed E-state index contributed by atoms with van der Waals surface area (Å²) in [4.78, 5) is 149. The molecule has 0 spiro atoms. The van der Waals surface area contributed by atoms with E-state index in [2.05, 4.69) is 30.4 Å². The Balaban J connectivity index is 0.000000394. The highest BCUT2D eigenvalue weighted by Gasteiger charge is 2.42. The Bertz CT molecular complexity index is 3360. The number of aliphatic carboxylic acids is 2. The first-order chi connectivity index (χ1) is 52.1. The van der Waals surface area contributed by atoms with Gasteiger partial charge in [0.1, 0.15) is 33.0 Å². The number of nitrogens with zero attached hydrogens (tertiary/aromatic N) is 6. The van der Waals surface area contributed by atoms with Crippen LogP contribution in [0.4, 0.5) is 4.39 Å². The van der Waals surface area contributed by atoms with Gasteiger partial charge in [0, 0.05) is 114 Å². The van der Waals surface area contributed by atoms with Crippen LogP contribution in [0.5, 0.6) is 5.75 Å². The Kier molecular flexibility index (Phi) is 39.2. The minimum absolute atomic E-state index is 0.0520. The number of carboxylic acid groups (broad SMARTS) is 2. The zero-order chi connectivity index (χ0) is 81.6. The number of aromatic hydroxyl groups is 1. The molecule has 4 amide bonds. The number of ether oxygens (including phenoxy) is 4. The second-order valence-electron chi connectivity index (χ2n) is 30.8. The summed E-state index contributed by atoms with van der Waals surface area (Å²) in [7, 11) is 7.08. The van der Waals surface area contributed by atoms with Gasteiger partial charge in [0.05, 0.1) is 37.1 Å². The lowest BCUT2D eigenvalue weighted by Crippen LogP contribution is -2.50. The van der Waals surface area contributed by atoms with Gasteiger partial charge in [0.25, 0.3) is 11.8 Å². The van der Waals surface area contributed by atoms with E-state index in [1.165, 1.54) is 38.1 Å². The number of hydrogen-bond acceptors (Lipinski definition) is 21. The molecule has 25 nitrogen and oxygen atoms in total. The molecule has 2 fully saturated rings. The number of hydrogen-bond donors (Lipinski definition) is 5. The van der Waals surface area contributed by atoms with Gasteiger partial charge in [-0.25, -0.2) is 14.4 Å². The van der Waals surface area contributed by atoms with Crippen molar-refractivity contribution in [2.45, 2.75) is 234 Å². The molecule has 2 aliphatic heterocycles. The number of halogens is 1. The number of ketones is 2. The maximum atomic E-state index is 14.7. The van der Waals surface area contributed by atoms with Gasteiger partial charge in [-0.05, 0) is 138 Å². The summed E-state index contributed by atoms with van der Waals surface area (Å²) >= 11 is 2.31. The van der Waals surface area contributed by atoms with Crippen LogP contribution in [0.15, 0.2) is 59.3 Å². The van der Waals surface area contributed by atoms with E-state index < -0.39 is 102 Å². The van der Waals surface area contributed by atoms with Gasteiger partial charge in [-0.2, -0.15) is 0 Å². The fourth-order valence-electron chi connectivity index (χ4n) is 14.6. The van der Waals surface area contributed by atoms with Crippen LogP contribution in [0.1, 0.15) is 227 Å². The highest BCUT2D eigenvalue weighted by atomic mass is 32.1. The smallest absolute Gasteiger partial charge is 0.306 e. The number of piperidine rings is 2. The number of benzene rings is 2. The van der Waals surface area contributed by atoms with Gasteiger partial charge < -0.3 is 54.7 Å². The zero-order valence-corrected chi connectivity index (χ0v) is 69.1. The number of carboxylic acids is 2. The van der Waals surface area contributed by atoms with Crippen LogP contribution in [0.3, 0.4) is 0 Å². The molecule has 2 aromatic carbocycles. The summed E-state index contributed by atoms with van der Waals surface area (Å²) in [6.07, 6.45) is 6.90. The molecule has 14 atom stereocenters. The minimum atomic E-state index is -1.00. The highest BCUT2D eigenvalue weighted by Crippen LogP contribution is 2.37. The van der Waals surface area contributed by atoms with E-state index in [0.717, 1.165) is 91.8 Å². The first-order valence-electron chi connectivity index (χ1n) is 39.0. The molecule has 28 heteroatoms. The molecule has 4 heterocycles. The van der Waals surface area contributed by atoms with Crippen LogP contribution in [0, 0.1) is 53.2 Å². The number of carbonyl (C=O) groups is 10. The third-order valence-corrected chi connectivity index (χ3v) is 23.5. The third kappa shape index (κ3) is 29.2. The van der Waals surface area contributed by atoms with Crippen molar-refractivity contribution in [3.05, 3.63) is 97.6 Å². The van der Waals surface area contributed by atoms with Gasteiger partial charge in [-0.3, -0.25) is 57.7 Å². The summed E-state index contributed by atoms with van der Waals surface area (Å²) in [5.74, 6) is -7.39. The average molecular weight is 1580 g/mol. The van der Waals surface area contributed by atoms with Crippen LogP contribution in [0.2, 0.25) is 0 Å². The number of thiazole rings is 2. The molecule has 14 unspecified atom stereocenters. The van der Waals surface area contributed by atoms with Crippen molar-refractivity contribution in [2.24, 2.45) is 47.3 Å². The number of aromatic nitrogens is 2. The molecular weight excluding hydrogens is 1450 g/mol. The minimum Gasteiger partial charge on any atom is -0.508 e. The molecule has 2 aliphatic rings. The van der Waals surface area contributed by atoms with E-state index in [4.69, 9.17) is 18.9 Å². The fraction of sp³-hybridized carbons (Fsp3) is 0.659. The number of rotatable bonds is 44. The van der Waals surface area contributed by atoms with E-state index >= 15 is 0 Å². The summed E-state index contributed by atoms with van der Waals surface area (Å²) in [5, 5.41) is 38.6. The van der Waals surface area contributed by atoms with Gasteiger partial charge in [0.2, 0.25) is 11.8 Å². The molecule has 2 saturated heterocycles. The van der Waals surface area contributed by atoms with Crippen molar-refractivity contribution in [1.82, 2.24) is 40.2 Å². The van der Waals surface area contributed by atoms with Crippen molar-refractivity contribution in [1.29, 1.82) is 0 Å². The number of phenols is 1. The van der Waals surface area contributed by atoms with E-state index in [1.807, 2.05) is 69.5 Å². The van der Waals surface area contributed by atoms with Crippen LogP contribution in [-0.2, 0) is 70.1 Å². The quantitative estimate of drug-likeness (QED) is 0.0257. The van der Waals surface area contributed by atoms with Gasteiger partial charge in [0.15, 0.2) is 23.8 Å². The van der Waals surface area contributed by atoms with Crippen LogP contribution in [0.25, 0.3) is 0 Å². The number of esters is 2. The lowest BCUT2D eigenvalue weighted by atomic mass is 9.82. The first-order valence-corrected chi connectivity index (χ1v) is 40.8. The number of amides is 4. The maximum absolute atomic E-state index is 14.7. The Morgan fingerprint density at radius 3 is 1.25 bits per heavy atom. The van der Waals surface area contributed by atoms with E-state index in [0.29, 0.717) is 22.9 Å². The van der Waals surface area contributed by atoms with Crippen LogP contribution in [-0.4, -0.2) is 208 Å². The van der Waals surface area contributed by atoms with E-state index in [9.17, 15) is 67.7 Å². The van der Waals surface area contributed by atoms with Gasteiger partial charge >= 0.3 is 23.9 Å². The van der Waals surface area contributed by atoms with Crippen LogP contribution >= 0.6 is 22.7 Å². The average Bonchev–Trinajstić information content (AvgIpc) is 1.07. The molecule has 0 saturated carbocycles. The summed E-state index contributed by atoms with van der Waals surface area (Å²) in [5.41, 5.74) is 1.70. The second kappa shape index (κ2) is 46.4. The number of phenolic OH excluding ortho intramolecular Hbond substituents is 1. The Hall–Kier alpha value is -7.63. The van der Waals surface area contributed by atoms with Gasteiger partial charge in [-0.1, -0.05) is 119 Å². The monoisotopic (exact) mass is 1570 g/mol. The molecule has 0 bridgehead atoms. The SMILES string of the molecule is CCC(C)C(CC(=O)C1CCCCN1C)C(=O)N(CCOC)C(CC(OC(C)=O)c1nc(C(=O)NC(Cc2ccc(F)cc2)CC(C)C(=O)O)cs1)C(C)C.CCC(C)C(CC(=O)C1CCCCN1C)C(=O)N(CCOC)C(CC(OC(C)=O)c1nc(C(=O)NC(Cc2ccc(O)cc2)CC(C)C(=O)O)cs1)C(C)C. The summed E-state index contributed by atoms with van der Waals surface area (Å²) < 4.78 is 36.1. The molecule has 110 heavy (non-hydrogen) atoms.